The van der Waals surface area contributed by atoms with E-state index in [1.165, 1.54) is 18.3 Å². The summed E-state index contributed by atoms with van der Waals surface area (Å²) in [5, 5.41) is 0. The van der Waals surface area contributed by atoms with Gasteiger partial charge in [0.05, 0.1) is 29.0 Å². The molecule has 0 aliphatic heterocycles. The number of ether oxygens (including phenoxy) is 2. The van der Waals surface area contributed by atoms with Crippen molar-refractivity contribution in [3.05, 3.63) is 64.0 Å². The molecule has 31 heavy (non-hydrogen) atoms. The fraction of sp³-hybridized carbons (Fsp3) is 0.304. The van der Waals surface area contributed by atoms with Crippen LogP contribution in [0.1, 0.15) is 51.8 Å². The van der Waals surface area contributed by atoms with Crippen LogP contribution in [0.15, 0.2) is 47.5 Å². The van der Waals surface area contributed by atoms with Crippen LogP contribution in [0.2, 0.25) is 0 Å². The van der Waals surface area contributed by atoms with Crippen LogP contribution in [0.4, 0.5) is 0 Å². The minimum absolute atomic E-state index is 0.0633. The van der Waals surface area contributed by atoms with Crippen LogP contribution >= 0.6 is 11.3 Å². The number of amides is 1. The average molecular weight is 441 g/mol. The minimum Gasteiger partial charge on any atom is -0.462 e. The van der Waals surface area contributed by atoms with Crippen LogP contribution in [0.5, 0.6) is 0 Å². The molecule has 0 aliphatic rings. The number of carbonyl (C=O) groups excluding carboxylic acids is 3. The summed E-state index contributed by atoms with van der Waals surface area (Å²) < 4.78 is 13.3. The van der Waals surface area contributed by atoms with Gasteiger partial charge >= 0.3 is 5.97 Å². The van der Waals surface area contributed by atoms with Crippen LogP contribution in [-0.2, 0) is 16.0 Å². The van der Waals surface area contributed by atoms with Gasteiger partial charge < -0.3 is 14.0 Å². The zero-order valence-electron chi connectivity index (χ0n) is 17.7. The maximum Gasteiger partial charge on any atom is 0.338 e. The normalized spacial score (nSPS) is 11.6. The zero-order valence-corrected chi connectivity index (χ0v) is 18.5. The number of thiazole rings is 1. The van der Waals surface area contributed by atoms with E-state index in [-0.39, 0.29) is 5.78 Å². The van der Waals surface area contributed by atoms with Crippen molar-refractivity contribution >= 4 is 39.2 Å². The Morgan fingerprint density at radius 3 is 2.29 bits per heavy atom. The maximum absolute atomic E-state index is 12.8. The molecule has 1 heterocycles. The molecule has 162 valence electrons. The molecule has 0 aliphatic carbocycles. The average Bonchev–Trinajstić information content (AvgIpc) is 3.10. The predicted octanol–water partition coefficient (Wildman–Crippen LogP) is 3.86. The smallest absolute Gasteiger partial charge is 0.338 e. The number of nitrogens with zero attached hydrogens (tertiary/aromatic N) is 2. The molecule has 3 aromatic rings. The molecule has 0 bridgehead atoms. The summed E-state index contributed by atoms with van der Waals surface area (Å²) >= 11 is 1.32. The first-order valence-corrected chi connectivity index (χ1v) is 10.8. The largest absolute Gasteiger partial charge is 0.462 e. The Hall–Kier alpha value is -3.10. The second-order valence-corrected chi connectivity index (χ2v) is 7.70. The number of rotatable bonds is 8. The second-order valence-electron chi connectivity index (χ2n) is 6.69. The van der Waals surface area contributed by atoms with E-state index in [1.54, 1.807) is 43.3 Å². The summed E-state index contributed by atoms with van der Waals surface area (Å²) in [7, 11) is 0. The first-order valence-electron chi connectivity index (χ1n) is 10.0. The van der Waals surface area contributed by atoms with Crippen molar-refractivity contribution in [2.45, 2.75) is 27.3 Å². The lowest BCUT2D eigenvalue weighted by Gasteiger charge is -2.06. The van der Waals surface area contributed by atoms with E-state index in [0.717, 1.165) is 10.2 Å². The molecule has 1 amide bonds. The van der Waals surface area contributed by atoms with E-state index in [9.17, 15) is 14.4 Å². The number of ketones is 1. The third-order valence-corrected chi connectivity index (χ3v) is 5.63. The second kappa shape index (κ2) is 10.3. The van der Waals surface area contributed by atoms with Gasteiger partial charge in [-0.1, -0.05) is 23.5 Å². The molecule has 0 fully saturated rings. The molecule has 7 nitrogen and oxygen atoms in total. The van der Waals surface area contributed by atoms with Crippen molar-refractivity contribution in [2.75, 3.05) is 19.8 Å². The van der Waals surface area contributed by atoms with Crippen LogP contribution in [0.25, 0.3) is 10.2 Å². The summed E-state index contributed by atoms with van der Waals surface area (Å²) in [6, 6.07) is 11.7. The van der Waals surface area contributed by atoms with Gasteiger partial charge in [-0.25, -0.2) is 4.79 Å². The van der Waals surface area contributed by atoms with Gasteiger partial charge in [-0.15, -0.1) is 0 Å². The van der Waals surface area contributed by atoms with Gasteiger partial charge in [-0.2, -0.15) is 4.99 Å². The molecule has 0 N–H and O–H groups in total. The van der Waals surface area contributed by atoms with Gasteiger partial charge in [0, 0.05) is 24.3 Å². The fourth-order valence-corrected chi connectivity index (χ4v) is 4.11. The number of hydrogen-bond donors (Lipinski definition) is 0. The number of fused-ring (bicyclic) bond motifs is 1. The number of benzene rings is 2. The van der Waals surface area contributed by atoms with Crippen LogP contribution in [0.3, 0.4) is 0 Å². The lowest BCUT2D eigenvalue weighted by atomic mass is 10.1. The van der Waals surface area contributed by atoms with Crippen molar-refractivity contribution in [3.8, 4) is 0 Å². The summed E-state index contributed by atoms with van der Waals surface area (Å²) in [6.45, 7) is 7.02. The van der Waals surface area contributed by atoms with Crippen LogP contribution in [-0.4, -0.2) is 42.0 Å². The molecule has 2 aromatic carbocycles. The Kier molecular flexibility index (Phi) is 7.49. The highest BCUT2D eigenvalue weighted by atomic mass is 32.1. The van der Waals surface area contributed by atoms with E-state index < -0.39 is 11.9 Å². The molecule has 3 rings (SSSR count). The van der Waals surface area contributed by atoms with Crippen molar-refractivity contribution < 1.29 is 23.9 Å². The van der Waals surface area contributed by atoms with E-state index in [4.69, 9.17) is 9.47 Å². The first kappa shape index (κ1) is 22.6. The molecule has 0 saturated carbocycles. The Balaban J connectivity index is 2.03. The number of esters is 1. The predicted molar refractivity (Wildman–Crippen MR) is 119 cm³/mol. The van der Waals surface area contributed by atoms with Crippen molar-refractivity contribution in [3.63, 3.8) is 0 Å². The molecule has 0 radical (unpaired) electrons. The summed E-state index contributed by atoms with van der Waals surface area (Å²) in [6.07, 6.45) is 0. The lowest BCUT2D eigenvalue weighted by molar-refractivity contribution is 0.0526. The van der Waals surface area contributed by atoms with Crippen molar-refractivity contribution in [2.24, 2.45) is 4.99 Å². The van der Waals surface area contributed by atoms with Crippen LogP contribution < -0.4 is 4.80 Å². The molecule has 0 spiro atoms. The fourth-order valence-electron chi connectivity index (χ4n) is 3.02. The Morgan fingerprint density at radius 1 is 0.968 bits per heavy atom. The molecular weight excluding hydrogens is 416 g/mol. The van der Waals surface area contributed by atoms with Crippen LogP contribution in [0, 0.1) is 0 Å². The van der Waals surface area contributed by atoms with Gasteiger partial charge in [0.15, 0.2) is 10.6 Å². The minimum atomic E-state index is -0.405. The zero-order chi connectivity index (χ0) is 22.4. The summed E-state index contributed by atoms with van der Waals surface area (Å²) in [5.74, 6) is -0.858. The molecule has 8 heteroatoms. The SMILES string of the molecule is CCOCCn1c(=NC(=O)c2ccc(C(C)=O)cc2)sc2cc(C(=O)OCC)ccc21. The maximum atomic E-state index is 12.8. The molecule has 0 unspecified atom stereocenters. The highest BCUT2D eigenvalue weighted by molar-refractivity contribution is 7.16. The number of carbonyl (C=O) groups is 3. The summed E-state index contributed by atoms with van der Waals surface area (Å²) in [5.41, 5.74) is 2.24. The molecule has 0 saturated heterocycles. The monoisotopic (exact) mass is 440 g/mol. The number of aromatic nitrogens is 1. The quantitative estimate of drug-likeness (QED) is 0.302. The van der Waals surface area contributed by atoms with E-state index in [0.29, 0.717) is 47.9 Å². The molecule has 1 aromatic heterocycles. The van der Waals surface area contributed by atoms with Crippen molar-refractivity contribution in [1.82, 2.24) is 4.57 Å². The number of Topliss-reactive ketones (excluding diaryl/α,β-unsaturated/α-hetero) is 1. The standard InChI is InChI=1S/C23H24N2O5S/c1-4-29-13-12-25-19-11-10-18(22(28)30-5-2)14-20(19)31-23(25)24-21(27)17-8-6-16(7-9-17)15(3)26/h6-11,14H,4-5,12-13H2,1-3H3. The van der Waals surface area contributed by atoms with Gasteiger partial charge in [-0.3, -0.25) is 9.59 Å². The van der Waals surface area contributed by atoms with Gasteiger partial charge in [0.2, 0.25) is 0 Å². The van der Waals surface area contributed by atoms with Gasteiger partial charge in [0.1, 0.15) is 0 Å². The van der Waals surface area contributed by atoms with E-state index in [1.807, 2.05) is 17.6 Å². The van der Waals surface area contributed by atoms with Gasteiger partial charge in [0.25, 0.3) is 5.91 Å². The third kappa shape index (κ3) is 5.34. The Bertz CT molecular complexity index is 1170. The van der Waals surface area contributed by atoms with Gasteiger partial charge in [-0.05, 0) is 51.1 Å². The van der Waals surface area contributed by atoms with E-state index >= 15 is 0 Å². The highest BCUT2D eigenvalue weighted by Gasteiger charge is 2.13. The molecule has 0 atom stereocenters. The number of hydrogen-bond acceptors (Lipinski definition) is 6. The lowest BCUT2D eigenvalue weighted by Crippen LogP contribution is -2.19. The Labute approximate surface area is 183 Å². The first-order chi connectivity index (χ1) is 14.9. The molecular formula is C23H24N2O5S. The van der Waals surface area contributed by atoms with Crippen molar-refractivity contribution in [1.29, 1.82) is 0 Å². The van der Waals surface area contributed by atoms with E-state index in [2.05, 4.69) is 4.99 Å². The highest BCUT2D eigenvalue weighted by Crippen LogP contribution is 2.20. The summed E-state index contributed by atoms with van der Waals surface area (Å²) in [4.78, 5) is 41.1. The third-order valence-electron chi connectivity index (χ3n) is 4.59. The topological polar surface area (TPSA) is 87.0 Å². The Morgan fingerprint density at radius 2 is 1.65 bits per heavy atom.